The number of amides is 1. The number of rotatable bonds is 4. The third kappa shape index (κ3) is 2.33. The molecule has 2 heterocycles. The van der Waals surface area contributed by atoms with Crippen LogP contribution in [0.2, 0.25) is 0 Å². The van der Waals surface area contributed by atoms with Crippen LogP contribution in [0.4, 0.5) is 14.5 Å². The van der Waals surface area contributed by atoms with E-state index in [-0.39, 0.29) is 23.4 Å². The summed E-state index contributed by atoms with van der Waals surface area (Å²) in [7, 11) is 0. The number of thiophene rings is 1. The van der Waals surface area contributed by atoms with Crippen LogP contribution in [0.25, 0.3) is 0 Å². The Bertz CT molecular complexity index is 624. The lowest BCUT2D eigenvalue weighted by atomic mass is 10.2. The number of aromatic nitrogens is 2. The Morgan fingerprint density at radius 2 is 2.40 bits per heavy atom. The fraction of sp³-hybridized carbons (Fsp3) is 0.385. The van der Waals surface area contributed by atoms with E-state index < -0.39 is 12.1 Å². The van der Waals surface area contributed by atoms with Gasteiger partial charge in [0.1, 0.15) is 0 Å². The first-order valence-electron chi connectivity index (χ1n) is 6.24. The number of aryl methyl sites for hydroxylation is 1. The Kier molecular flexibility index (Phi) is 3.29. The van der Waals surface area contributed by atoms with E-state index in [1.165, 1.54) is 0 Å². The molecule has 2 N–H and O–H groups in total. The number of nitrogens with zero attached hydrogens (tertiary/aromatic N) is 1. The van der Waals surface area contributed by atoms with Crippen LogP contribution in [0.1, 0.15) is 35.7 Å². The van der Waals surface area contributed by atoms with Gasteiger partial charge < -0.3 is 5.32 Å². The number of hydrogen-bond acceptors (Lipinski definition) is 3. The Morgan fingerprint density at radius 3 is 3.05 bits per heavy atom. The van der Waals surface area contributed by atoms with E-state index in [4.69, 9.17) is 0 Å². The van der Waals surface area contributed by atoms with E-state index >= 15 is 0 Å². The largest absolute Gasteiger partial charge is 0.323 e. The van der Waals surface area contributed by atoms with Crippen molar-refractivity contribution in [2.24, 2.45) is 5.92 Å². The summed E-state index contributed by atoms with van der Waals surface area (Å²) in [5.41, 5.74) is 1.30. The van der Waals surface area contributed by atoms with Crippen LogP contribution in [-0.4, -0.2) is 16.1 Å². The standard InChI is InChI=1S/C13H13F2N3OS/c1-6-10(11(12(14)15)18-17-6)16-13(19)9-4-8(9)7-2-3-20-5-7/h2-3,5,8-9,12H,4H2,1H3,(H,16,19)(H,17,18)/t8-,9+/m0/s1. The van der Waals surface area contributed by atoms with E-state index in [9.17, 15) is 13.6 Å². The Morgan fingerprint density at radius 1 is 1.60 bits per heavy atom. The van der Waals surface area contributed by atoms with Gasteiger partial charge in [-0.2, -0.15) is 16.4 Å². The van der Waals surface area contributed by atoms with Crippen LogP contribution in [-0.2, 0) is 4.79 Å². The van der Waals surface area contributed by atoms with E-state index in [2.05, 4.69) is 15.5 Å². The molecule has 1 aliphatic rings. The highest BCUT2D eigenvalue weighted by atomic mass is 32.1. The minimum Gasteiger partial charge on any atom is -0.323 e. The molecule has 106 valence electrons. The molecule has 7 heteroatoms. The molecule has 1 saturated carbocycles. The molecule has 0 aliphatic heterocycles. The van der Waals surface area contributed by atoms with Crippen LogP contribution >= 0.6 is 11.3 Å². The second-order valence-electron chi connectivity index (χ2n) is 4.90. The molecule has 0 saturated heterocycles. The molecular weight excluding hydrogens is 284 g/mol. The molecule has 0 bridgehead atoms. The van der Waals surface area contributed by atoms with Crippen molar-refractivity contribution in [2.45, 2.75) is 25.7 Å². The van der Waals surface area contributed by atoms with Gasteiger partial charge in [0.15, 0.2) is 5.69 Å². The second kappa shape index (κ2) is 4.97. The van der Waals surface area contributed by atoms with Crippen molar-refractivity contribution in [3.63, 3.8) is 0 Å². The number of alkyl halides is 2. The maximum atomic E-state index is 12.8. The Balaban J connectivity index is 1.70. The van der Waals surface area contributed by atoms with E-state index in [0.717, 1.165) is 12.0 Å². The molecule has 1 fully saturated rings. The number of carbonyl (C=O) groups is 1. The maximum Gasteiger partial charge on any atom is 0.284 e. The van der Waals surface area contributed by atoms with Gasteiger partial charge in [-0.15, -0.1) is 0 Å². The van der Waals surface area contributed by atoms with Crippen molar-refractivity contribution in [2.75, 3.05) is 5.32 Å². The highest BCUT2D eigenvalue weighted by Gasteiger charge is 2.44. The molecule has 3 rings (SSSR count). The van der Waals surface area contributed by atoms with Crippen LogP contribution in [0.3, 0.4) is 0 Å². The first-order chi connectivity index (χ1) is 9.58. The van der Waals surface area contributed by atoms with Gasteiger partial charge in [-0.05, 0) is 41.7 Å². The van der Waals surface area contributed by atoms with Crippen molar-refractivity contribution < 1.29 is 13.6 Å². The lowest BCUT2D eigenvalue weighted by molar-refractivity contribution is -0.117. The lowest BCUT2D eigenvalue weighted by Crippen LogP contribution is -2.16. The Hall–Kier alpha value is -1.76. The molecule has 1 amide bonds. The summed E-state index contributed by atoms with van der Waals surface area (Å²) in [4.78, 5) is 12.1. The highest BCUT2D eigenvalue weighted by molar-refractivity contribution is 7.08. The molecular formula is C13H13F2N3OS. The van der Waals surface area contributed by atoms with Crippen LogP contribution in [0, 0.1) is 12.8 Å². The Labute approximate surface area is 118 Å². The van der Waals surface area contributed by atoms with E-state index in [0.29, 0.717) is 5.69 Å². The quantitative estimate of drug-likeness (QED) is 0.908. The molecule has 2 aromatic rings. The molecule has 0 spiro atoms. The number of anilines is 1. The molecule has 20 heavy (non-hydrogen) atoms. The zero-order chi connectivity index (χ0) is 14.3. The molecule has 4 nitrogen and oxygen atoms in total. The number of aromatic amines is 1. The van der Waals surface area contributed by atoms with Crippen molar-refractivity contribution in [1.82, 2.24) is 10.2 Å². The highest BCUT2D eigenvalue weighted by Crippen LogP contribution is 2.48. The fourth-order valence-electron chi connectivity index (χ4n) is 2.32. The van der Waals surface area contributed by atoms with Gasteiger partial charge in [-0.25, -0.2) is 8.78 Å². The first kappa shape index (κ1) is 13.2. The maximum absolute atomic E-state index is 12.8. The predicted octanol–water partition coefficient (Wildman–Crippen LogP) is 3.46. The molecule has 1 aliphatic carbocycles. The normalized spacial score (nSPS) is 21.2. The fourth-order valence-corrected chi connectivity index (χ4v) is 3.04. The SMILES string of the molecule is Cc1[nH]nc(C(F)F)c1NC(=O)[C@@H]1C[C@H]1c1ccsc1. The second-order valence-corrected chi connectivity index (χ2v) is 5.68. The third-order valence-corrected chi connectivity index (χ3v) is 4.23. The summed E-state index contributed by atoms with van der Waals surface area (Å²) in [6.45, 7) is 1.61. The van der Waals surface area contributed by atoms with E-state index in [1.54, 1.807) is 18.3 Å². The van der Waals surface area contributed by atoms with Gasteiger partial charge in [0.2, 0.25) is 5.91 Å². The monoisotopic (exact) mass is 297 g/mol. The van der Waals surface area contributed by atoms with Gasteiger partial charge in [0, 0.05) is 5.92 Å². The summed E-state index contributed by atoms with van der Waals surface area (Å²) in [5.74, 6) is -0.138. The van der Waals surface area contributed by atoms with Crippen LogP contribution in [0.15, 0.2) is 16.8 Å². The minimum absolute atomic E-state index is 0.112. The smallest absolute Gasteiger partial charge is 0.284 e. The summed E-state index contributed by atoms with van der Waals surface area (Å²) in [6, 6.07) is 2.00. The lowest BCUT2D eigenvalue weighted by Gasteiger charge is -2.06. The number of nitrogens with one attached hydrogen (secondary N) is 2. The minimum atomic E-state index is -2.71. The summed E-state index contributed by atoms with van der Waals surface area (Å²) in [6.07, 6.45) is -1.94. The average molecular weight is 297 g/mol. The summed E-state index contributed by atoms with van der Waals surface area (Å²) >= 11 is 1.59. The van der Waals surface area contributed by atoms with Gasteiger partial charge >= 0.3 is 0 Å². The predicted molar refractivity (Wildman–Crippen MR) is 72.1 cm³/mol. The summed E-state index contributed by atoms with van der Waals surface area (Å²) in [5, 5.41) is 12.6. The van der Waals surface area contributed by atoms with E-state index in [1.807, 2.05) is 16.8 Å². The van der Waals surface area contributed by atoms with Crippen molar-refractivity contribution in [3.05, 3.63) is 33.8 Å². The number of hydrogen-bond donors (Lipinski definition) is 2. The molecule has 0 aromatic carbocycles. The van der Waals surface area contributed by atoms with Crippen molar-refractivity contribution in [3.8, 4) is 0 Å². The number of carbonyl (C=O) groups excluding carboxylic acids is 1. The van der Waals surface area contributed by atoms with Crippen molar-refractivity contribution >= 4 is 22.9 Å². The average Bonchev–Trinajstić information content (AvgIpc) is 2.85. The zero-order valence-electron chi connectivity index (χ0n) is 10.7. The van der Waals surface area contributed by atoms with Crippen LogP contribution < -0.4 is 5.32 Å². The first-order valence-corrected chi connectivity index (χ1v) is 7.18. The van der Waals surface area contributed by atoms with Gasteiger partial charge in [0.05, 0.1) is 11.4 Å². The van der Waals surface area contributed by atoms with Gasteiger partial charge in [-0.1, -0.05) is 0 Å². The van der Waals surface area contributed by atoms with Gasteiger partial charge in [-0.3, -0.25) is 9.89 Å². The van der Waals surface area contributed by atoms with Gasteiger partial charge in [0.25, 0.3) is 6.43 Å². The molecule has 2 atom stereocenters. The summed E-state index contributed by atoms with van der Waals surface area (Å²) < 4.78 is 25.6. The zero-order valence-corrected chi connectivity index (χ0v) is 11.5. The number of H-pyrrole nitrogens is 1. The number of halogens is 2. The molecule has 2 aromatic heterocycles. The third-order valence-electron chi connectivity index (χ3n) is 3.53. The molecule has 0 unspecified atom stereocenters. The molecule has 0 radical (unpaired) electrons. The van der Waals surface area contributed by atoms with Crippen LogP contribution in [0.5, 0.6) is 0 Å². The topological polar surface area (TPSA) is 57.8 Å². The van der Waals surface area contributed by atoms with Crippen molar-refractivity contribution in [1.29, 1.82) is 0 Å².